The molecule has 0 unspecified atom stereocenters. The van der Waals surface area contributed by atoms with Gasteiger partial charge in [-0.1, -0.05) is 25.1 Å². The molecule has 1 N–H and O–H groups in total. The van der Waals surface area contributed by atoms with Gasteiger partial charge in [0, 0.05) is 18.2 Å². The zero-order valence-corrected chi connectivity index (χ0v) is 13.7. The number of hydrogen-bond acceptors (Lipinski definition) is 4. The van der Waals surface area contributed by atoms with E-state index in [1.165, 1.54) is 13.2 Å². The van der Waals surface area contributed by atoms with Crippen LogP contribution in [-0.2, 0) is 14.3 Å². The summed E-state index contributed by atoms with van der Waals surface area (Å²) >= 11 is 0. The van der Waals surface area contributed by atoms with Crippen LogP contribution < -0.4 is 5.32 Å². The number of ether oxygens (including phenoxy) is 1. The summed E-state index contributed by atoms with van der Waals surface area (Å²) in [5.74, 6) is -1.42. The van der Waals surface area contributed by atoms with Gasteiger partial charge in [-0.2, -0.15) is 0 Å². The first-order chi connectivity index (χ1) is 11.0. The molecule has 1 saturated heterocycles. The number of benzene rings is 1. The molecule has 1 aliphatic rings. The van der Waals surface area contributed by atoms with Gasteiger partial charge >= 0.3 is 5.97 Å². The van der Waals surface area contributed by atoms with E-state index in [9.17, 15) is 14.0 Å². The molecular weight excluding hydrogens is 299 g/mol. The molecule has 0 aromatic heterocycles. The van der Waals surface area contributed by atoms with Gasteiger partial charge in [0.1, 0.15) is 11.9 Å². The molecule has 5 nitrogen and oxygen atoms in total. The Labute approximate surface area is 135 Å². The molecular formula is C17H23FN2O3. The Morgan fingerprint density at radius 1 is 1.39 bits per heavy atom. The molecule has 1 aromatic carbocycles. The number of hydrogen-bond donors (Lipinski definition) is 1. The average Bonchev–Trinajstić information content (AvgIpc) is 2.90. The third-order valence-electron chi connectivity index (χ3n) is 4.37. The summed E-state index contributed by atoms with van der Waals surface area (Å²) in [7, 11) is 3.05. The summed E-state index contributed by atoms with van der Waals surface area (Å²) in [4.78, 5) is 26.2. The van der Waals surface area contributed by atoms with E-state index in [2.05, 4.69) is 5.32 Å². The molecule has 1 aliphatic heterocycles. The number of methoxy groups -OCH3 is 1. The molecule has 6 heteroatoms. The first-order valence-corrected chi connectivity index (χ1v) is 7.83. The standard InChI is InChI=1S/C17H23FN2O3/c1-4-9-19-16(21)12-10-14(17(22)23-3)20(2)15(12)11-7-5-6-8-13(11)18/h5-8,12,14-15H,4,9-10H2,1-3H3,(H,19,21)/t12-,14-,15-/m1/s1. The van der Waals surface area contributed by atoms with E-state index < -0.39 is 24.0 Å². The van der Waals surface area contributed by atoms with E-state index in [4.69, 9.17) is 4.74 Å². The van der Waals surface area contributed by atoms with Gasteiger partial charge in [-0.05, 0) is 26.0 Å². The molecule has 0 spiro atoms. The summed E-state index contributed by atoms with van der Waals surface area (Å²) in [6.45, 7) is 2.53. The molecule has 0 aliphatic carbocycles. The first-order valence-electron chi connectivity index (χ1n) is 7.83. The molecule has 126 valence electrons. The smallest absolute Gasteiger partial charge is 0.323 e. The van der Waals surface area contributed by atoms with Crippen molar-refractivity contribution in [2.24, 2.45) is 5.92 Å². The summed E-state index contributed by atoms with van der Waals surface area (Å²) in [5.41, 5.74) is 0.429. The monoisotopic (exact) mass is 322 g/mol. The molecule has 1 amide bonds. The second-order valence-electron chi connectivity index (χ2n) is 5.80. The summed E-state index contributed by atoms with van der Waals surface area (Å²) in [6, 6.07) is 5.33. The number of rotatable bonds is 5. The van der Waals surface area contributed by atoms with Gasteiger partial charge in [0.2, 0.25) is 5.91 Å². The second kappa shape index (κ2) is 7.55. The van der Waals surface area contributed by atoms with Gasteiger partial charge in [0.25, 0.3) is 0 Å². The normalized spacial score (nSPS) is 24.4. The van der Waals surface area contributed by atoms with Crippen molar-refractivity contribution in [1.29, 1.82) is 0 Å². The minimum atomic E-state index is -0.554. The van der Waals surface area contributed by atoms with Crippen LogP contribution in [0.3, 0.4) is 0 Å². The lowest BCUT2D eigenvalue weighted by molar-refractivity contribution is -0.145. The van der Waals surface area contributed by atoms with Gasteiger partial charge in [-0.15, -0.1) is 0 Å². The van der Waals surface area contributed by atoms with Crippen molar-refractivity contribution < 1.29 is 18.7 Å². The highest BCUT2D eigenvalue weighted by molar-refractivity contribution is 5.83. The molecule has 2 rings (SSSR count). The van der Waals surface area contributed by atoms with Crippen molar-refractivity contribution in [3.05, 3.63) is 35.6 Å². The van der Waals surface area contributed by atoms with Crippen LogP contribution in [0.25, 0.3) is 0 Å². The third-order valence-corrected chi connectivity index (χ3v) is 4.37. The highest BCUT2D eigenvalue weighted by Gasteiger charge is 2.47. The lowest BCUT2D eigenvalue weighted by atomic mass is 9.92. The summed E-state index contributed by atoms with van der Waals surface area (Å²) in [6.07, 6.45) is 1.14. The Balaban J connectivity index is 2.34. The van der Waals surface area contributed by atoms with Crippen molar-refractivity contribution in [1.82, 2.24) is 10.2 Å². The highest BCUT2D eigenvalue weighted by Crippen LogP contribution is 2.41. The van der Waals surface area contributed by atoms with Crippen LogP contribution in [0.5, 0.6) is 0 Å². The van der Waals surface area contributed by atoms with Gasteiger partial charge in [-0.3, -0.25) is 14.5 Å². The SMILES string of the molecule is CCCNC(=O)[C@@H]1C[C@H](C(=O)OC)N(C)[C@@H]1c1ccccc1F. The van der Waals surface area contributed by atoms with Crippen LogP contribution >= 0.6 is 0 Å². The number of amides is 1. The van der Waals surface area contributed by atoms with Crippen molar-refractivity contribution in [3.8, 4) is 0 Å². The number of likely N-dealkylation sites (tertiary alicyclic amines) is 1. The largest absolute Gasteiger partial charge is 0.468 e. The van der Waals surface area contributed by atoms with E-state index in [0.717, 1.165) is 6.42 Å². The van der Waals surface area contributed by atoms with Crippen LogP contribution in [0.15, 0.2) is 24.3 Å². The molecule has 1 fully saturated rings. The molecule has 0 saturated carbocycles. The summed E-state index contributed by atoms with van der Waals surface area (Å²) < 4.78 is 19.1. The van der Waals surface area contributed by atoms with Crippen LogP contribution in [0.1, 0.15) is 31.4 Å². The van der Waals surface area contributed by atoms with Crippen LogP contribution in [0.2, 0.25) is 0 Å². The van der Waals surface area contributed by atoms with Crippen LogP contribution in [0, 0.1) is 11.7 Å². The zero-order valence-electron chi connectivity index (χ0n) is 13.7. The lowest BCUT2D eigenvalue weighted by Gasteiger charge is -2.27. The minimum Gasteiger partial charge on any atom is -0.468 e. The molecule has 0 bridgehead atoms. The Morgan fingerprint density at radius 3 is 2.70 bits per heavy atom. The quantitative estimate of drug-likeness (QED) is 0.841. The molecule has 1 heterocycles. The fraction of sp³-hybridized carbons (Fsp3) is 0.529. The fourth-order valence-electron chi connectivity index (χ4n) is 3.19. The van der Waals surface area contributed by atoms with Gasteiger partial charge in [0.15, 0.2) is 0 Å². The van der Waals surface area contributed by atoms with Gasteiger partial charge in [0.05, 0.1) is 13.0 Å². The van der Waals surface area contributed by atoms with Crippen molar-refractivity contribution >= 4 is 11.9 Å². The van der Waals surface area contributed by atoms with Crippen LogP contribution in [0.4, 0.5) is 4.39 Å². The van der Waals surface area contributed by atoms with Gasteiger partial charge in [-0.25, -0.2) is 4.39 Å². The van der Waals surface area contributed by atoms with Gasteiger partial charge < -0.3 is 10.1 Å². The first kappa shape index (κ1) is 17.4. The van der Waals surface area contributed by atoms with Crippen molar-refractivity contribution in [3.63, 3.8) is 0 Å². The lowest BCUT2D eigenvalue weighted by Crippen LogP contribution is -2.37. The minimum absolute atomic E-state index is 0.154. The summed E-state index contributed by atoms with van der Waals surface area (Å²) in [5, 5.41) is 2.85. The van der Waals surface area contributed by atoms with E-state index in [0.29, 0.717) is 18.5 Å². The molecule has 23 heavy (non-hydrogen) atoms. The predicted octanol–water partition coefficient (Wildman–Crippen LogP) is 1.89. The Morgan fingerprint density at radius 2 is 2.09 bits per heavy atom. The predicted molar refractivity (Wildman–Crippen MR) is 84.1 cm³/mol. The molecule has 3 atom stereocenters. The number of esters is 1. The second-order valence-corrected chi connectivity index (χ2v) is 5.80. The Hall–Kier alpha value is -1.95. The number of likely N-dealkylation sites (N-methyl/N-ethyl adjacent to an activating group) is 1. The zero-order chi connectivity index (χ0) is 17.0. The topological polar surface area (TPSA) is 58.6 Å². The number of halogens is 1. The van der Waals surface area contributed by atoms with E-state index in [1.807, 2.05) is 6.92 Å². The number of nitrogens with zero attached hydrogens (tertiary/aromatic N) is 1. The number of nitrogens with one attached hydrogen (secondary N) is 1. The molecule has 0 radical (unpaired) electrons. The van der Waals surface area contributed by atoms with E-state index in [1.54, 1.807) is 30.1 Å². The van der Waals surface area contributed by atoms with Crippen LogP contribution in [-0.4, -0.2) is 43.5 Å². The maximum absolute atomic E-state index is 14.2. The maximum atomic E-state index is 14.2. The van der Waals surface area contributed by atoms with E-state index in [-0.39, 0.29) is 11.7 Å². The highest BCUT2D eigenvalue weighted by atomic mass is 19.1. The van der Waals surface area contributed by atoms with Crippen molar-refractivity contribution in [2.45, 2.75) is 31.8 Å². The Bertz CT molecular complexity index is 579. The number of carbonyl (C=O) groups is 2. The molecule has 1 aromatic rings. The van der Waals surface area contributed by atoms with E-state index >= 15 is 0 Å². The van der Waals surface area contributed by atoms with Crippen molar-refractivity contribution in [2.75, 3.05) is 20.7 Å². The fourth-order valence-corrected chi connectivity index (χ4v) is 3.19. The third kappa shape index (κ3) is 3.52. The Kier molecular flexibility index (Phi) is 5.71. The number of carbonyl (C=O) groups excluding carboxylic acids is 2. The average molecular weight is 322 g/mol. The maximum Gasteiger partial charge on any atom is 0.323 e.